The number of nitriles is 1. The zero-order valence-electron chi connectivity index (χ0n) is 15.8. The molecule has 2 aromatic rings. The number of benzene rings is 2. The van der Waals surface area contributed by atoms with Crippen molar-refractivity contribution in [2.75, 3.05) is 18.4 Å². The highest BCUT2D eigenvalue weighted by molar-refractivity contribution is 7.89. The number of nitrogens with zero attached hydrogens (tertiary/aromatic N) is 2. The molecule has 146 valence electrons. The average Bonchev–Trinajstić information content (AvgIpc) is 2.70. The van der Waals surface area contributed by atoms with Gasteiger partial charge in [0.05, 0.1) is 17.4 Å². The minimum absolute atomic E-state index is 0.0968. The number of hydrogen-bond donors (Lipinski definition) is 1. The van der Waals surface area contributed by atoms with Crippen molar-refractivity contribution in [3.8, 4) is 6.07 Å². The van der Waals surface area contributed by atoms with E-state index in [-0.39, 0.29) is 11.8 Å². The smallest absolute Gasteiger partial charge is 0.243 e. The SMILES string of the molecule is Cc1ccc(S(=O)(=O)N2CCC(C(=O)Nc3ccc(CC#N)cc3)CC2)cc1. The van der Waals surface area contributed by atoms with Gasteiger partial charge in [0.2, 0.25) is 15.9 Å². The molecular formula is C21H23N3O3S. The molecule has 7 heteroatoms. The van der Waals surface area contributed by atoms with Crippen LogP contribution >= 0.6 is 0 Å². The van der Waals surface area contributed by atoms with E-state index >= 15 is 0 Å². The van der Waals surface area contributed by atoms with E-state index in [9.17, 15) is 13.2 Å². The second kappa shape index (κ2) is 8.55. The molecule has 0 aliphatic carbocycles. The number of amides is 1. The minimum atomic E-state index is -3.52. The van der Waals surface area contributed by atoms with Gasteiger partial charge < -0.3 is 5.32 Å². The highest BCUT2D eigenvalue weighted by atomic mass is 32.2. The van der Waals surface area contributed by atoms with Crippen LogP contribution in [0, 0.1) is 24.2 Å². The number of carbonyl (C=O) groups is 1. The lowest BCUT2D eigenvalue weighted by atomic mass is 9.97. The number of anilines is 1. The van der Waals surface area contributed by atoms with Crippen LogP contribution in [0.3, 0.4) is 0 Å². The first kappa shape index (κ1) is 20.1. The Kier molecular flexibility index (Phi) is 6.12. The Morgan fingerprint density at radius 2 is 1.71 bits per heavy atom. The van der Waals surface area contributed by atoms with Crippen LogP contribution in [0.4, 0.5) is 5.69 Å². The normalized spacial score (nSPS) is 15.7. The Morgan fingerprint density at radius 1 is 1.11 bits per heavy atom. The molecule has 3 rings (SSSR count). The van der Waals surface area contributed by atoms with Gasteiger partial charge in [-0.15, -0.1) is 0 Å². The van der Waals surface area contributed by atoms with Crippen molar-refractivity contribution < 1.29 is 13.2 Å². The van der Waals surface area contributed by atoms with Gasteiger partial charge in [0.1, 0.15) is 0 Å². The number of rotatable bonds is 5. The van der Waals surface area contributed by atoms with E-state index in [1.54, 1.807) is 36.4 Å². The molecule has 0 spiro atoms. The second-order valence-electron chi connectivity index (χ2n) is 7.01. The topological polar surface area (TPSA) is 90.3 Å². The molecule has 0 radical (unpaired) electrons. The standard InChI is InChI=1S/C21H23N3O3S/c1-16-2-8-20(9-3-16)28(26,27)24-14-11-18(12-15-24)21(25)23-19-6-4-17(5-7-19)10-13-22/h2-9,18H,10-12,14-15H2,1H3,(H,23,25). The molecule has 6 nitrogen and oxygen atoms in total. The summed E-state index contributed by atoms with van der Waals surface area (Å²) < 4.78 is 27.0. The van der Waals surface area contributed by atoms with E-state index in [0.717, 1.165) is 11.1 Å². The number of piperidine rings is 1. The third-order valence-electron chi connectivity index (χ3n) is 4.99. The van der Waals surface area contributed by atoms with Crippen molar-refractivity contribution in [1.29, 1.82) is 5.26 Å². The van der Waals surface area contributed by atoms with E-state index in [4.69, 9.17) is 5.26 Å². The van der Waals surface area contributed by atoms with Crippen LogP contribution in [0.25, 0.3) is 0 Å². The third kappa shape index (κ3) is 4.58. The van der Waals surface area contributed by atoms with Gasteiger partial charge in [-0.2, -0.15) is 9.57 Å². The molecule has 0 saturated carbocycles. The fourth-order valence-corrected chi connectivity index (χ4v) is 4.73. The number of carbonyl (C=O) groups excluding carboxylic acids is 1. The summed E-state index contributed by atoms with van der Waals surface area (Å²) in [7, 11) is -3.52. The molecule has 0 bridgehead atoms. The largest absolute Gasteiger partial charge is 0.326 e. The molecule has 1 heterocycles. The second-order valence-corrected chi connectivity index (χ2v) is 8.95. The summed E-state index contributed by atoms with van der Waals surface area (Å²) in [4.78, 5) is 12.8. The molecule has 1 aliphatic heterocycles. The molecule has 1 aliphatic rings. The summed E-state index contributed by atoms with van der Waals surface area (Å²) in [6.45, 7) is 2.57. The van der Waals surface area contributed by atoms with Crippen molar-refractivity contribution in [2.24, 2.45) is 5.92 Å². The number of sulfonamides is 1. The molecule has 28 heavy (non-hydrogen) atoms. The van der Waals surface area contributed by atoms with Gasteiger partial charge in [0.25, 0.3) is 0 Å². The Labute approximate surface area is 165 Å². The first-order valence-electron chi connectivity index (χ1n) is 9.24. The summed E-state index contributed by atoms with van der Waals surface area (Å²) in [5.41, 5.74) is 2.59. The third-order valence-corrected chi connectivity index (χ3v) is 6.90. The minimum Gasteiger partial charge on any atom is -0.326 e. The summed E-state index contributed by atoms with van der Waals surface area (Å²) in [5, 5.41) is 11.6. The van der Waals surface area contributed by atoms with Crippen LogP contribution in [0.2, 0.25) is 0 Å². The van der Waals surface area contributed by atoms with Crippen molar-refractivity contribution in [1.82, 2.24) is 4.31 Å². The molecule has 1 amide bonds. The van der Waals surface area contributed by atoms with Gasteiger partial charge in [-0.1, -0.05) is 29.8 Å². The molecule has 0 aromatic heterocycles. The van der Waals surface area contributed by atoms with E-state index < -0.39 is 10.0 Å². The van der Waals surface area contributed by atoms with Crippen LogP contribution in [0.15, 0.2) is 53.4 Å². The zero-order valence-corrected chi connectivity index (χ0v) is 16.6. The van der Waals surface area contributed by atoms with Crippen molar-refractivity contribution in [2.45, 2.75) is 31.1 Å². The van der Waals surface area contributed by atoms with Crippen LogP contribution in [-0.4, -0.2) is 31.7 Å². The summed E-state index contributed by atoms with van der Waals surface area (Å²) in [6, 6.07) is 16.1. The average molecular weight is 398 g/mol. The Balaban J connectivity index is 1.58. The van der Waals surface area contributed by atoms with E-state index in [1.165, 1.54) is 4.31 Å². The van der Waals surface area contributed by atoms with Gasteiger partial charge >= 0.3 is 0 Å². The van der Waals surface area contributed by atoms with E-state index in [0.29, 0.717) is 42.9 Å². The summed E-state index contributed by atoms with van der Waals surface area (Å²) in [6.07, 6.45) is 1.31. The number of nitrogens with one attached hydrogen (secondary N) is 1. The Bertz CT molecular complexity index is 969. The predicted octanol–water partition coefficient (Wildman–Crippen LogP) is 3.10. The van der Waals surface area contributed by atoms with Crippen LogP contribution < -0.4 is 5.32 Å². The highest BCUT2D eigenvalue weighted by Crippen LogP contribution is 2.25. The molecule has 2 aromatic carbocycles. The summed E-state index contributed by atoms with van der Waals surface area (Å²) in [5.74, 6) is -0.316. The fourth-order valence-electron chi connectivity index (χ4n) is 3.26. The van der Waals surface area contributed by atoms with E-state index in [2.05, 4.69) is 11.4 Å². The molecule has 1 N–H and O–H groups in total. The quantitative estimate of drug-likeness (QED) is 0.839. The van der Waals surface area contributed by atoms with Crippen LogP contribution in [0.5, 0.6) is 0 Å². The zero-order chi connectivity index (χ0) is 20.1. The van der Waals surface area contributed by atoms with E-state index in [1.807, 2.05) is 19.1 Å². The highest BCUT2D eigenvalue weighted by Gasteiger charge is 2.32. The van der Waals surface area contributed by atoms with Crippen molar-refractivity contribution in [3.05, 3.63) is 59.7 Å². The number of hydrogen-bond acceptors (Lipinski definition) is 4. The van der Waals surface area contributed by atoms with Crippen molar-refractivity contribution in [3.63, 3.8) is 0 Å². The Morgan fingerprint density at radius 3 is 2.29 bits per heavy atom. The van der Waals surface area contributed by atoms with Crippen molar-refractivity contribution >= 4 is 21.6 Å². The van der Waals surface area contributed by atoms with Gasteiger partial charge in [-0.25, -0.2) is 8.42 Å². The monoisotopic (exact) mass is 397 g/mol. The Hall–Kier alpha value is -2.69. The van der Waals surface area contributed by atoms with Crippen LogP contribution in [0.1, 0.15) is 24.0 Å². The lowest BCUT2D eigenvalue weighted by molar-refractivity contribution is -0.120. The molecule has 0 unspecified atom stereocenters. The maximum Gasteiger partial charge on any atom is 0.243 e. The lowest BCUT2D eigenvalue weighted by Gasteiger charge is -2.30. The van der Waals surface area contributed by atoms with Gasteiger partial charge in [-0.05, 0) is 49.6 Å². The maximum absolute atomic E-state index is 12.8. The lowest BCUT2D eigenvalue weighted by Crippen LogP contribution is -2.41. The molecule has 1 saturated heterocycles. The first-order chi connectivity index (χ1) is 13.4. The van der Waals surface area contributed by atoms with Gasteiger partial charge in [0.15, 0.2) is 0 Å². The van der Waals surface area contributed by atoms with Crippen LogP contribution in [-0.2, 0) is 21.2 Å². The van der Waals surface area contributed by atoms with Gasteiger partial charge in [0, 0.05) is 24.7 Å². The first-order valence-corrected chi connectivity index (χ1v) is 10.7. The fraction of sp³-hybridized carbons (Fsp3) is 0.333. The molecule has 0 atom stereocenters. The number of aryl methyl sites for hydroxylation is 1. The van der Waals surface area contributed by atoms with Gasteiger partial charge in [-0.3, -0.25) is 4.79 Å². The predicted molar refractivity (Wildman–Crippen MR) is 107 cm³/mol. The molecular weight excluding hydrogens is 374 g/mol. The molecule has 1 fully saturated rings. The maximum atomic E-state index is 12.8. The summed E-state index contributed by atoms with van der Waals surface area (Å²) >= 11 is 0.